The Hall–Kier alpha value is -2.09. The lowest BCUT2D eigenvalue weighted by molar-refractivity contribution is 0.494. The van der Waals surface area contributed by atoms with Gasteiger partial charge in [-0.1, -0.05) is 6.42 Å². The Balaban J connectivity index is 1.79. The predicted octanol–water partition coefficient (Wildman–Crippen LogP) is 2.07. The van der Waals surface area contributed by atoms with Crippen LogP contribution in [-0.4, -0.2) is 28.0 Å². The molecule has 0 spiro atoms. The van der Waals surface area contributed by atoms with Crippen molar-refractivity contribution >= 4 is 16.9 Å². The number of anilines is 1. The van der Waals surface area contributed by atoms with Crippen molar-refractivity contribution in [1.82, 2.24) is 15.0 Å². The largest absolute Gasteiger partial charge is 0.355 e. The topological polar surface area (TPSA) is 68.6 Å². The number of aromatic nitrogens is 3. The minimum Gasteiger partial charge on any atom is -0.355 e. The van der Waals surface area contributed by atoms with Crippen molar-refractivity contribution in [2.45, 2.75) is 19.3 Å². The molecule has 0 bridgehead atoms. The minimum absolute atomic E-state index is 0.641. The monoisotopic (exact) mass is 253 g/mol. The van der Waals surface area contributed by atoms with Gasteiger partial charge >= 0.3 is 0 Å². The molecule has 5 nitrogen and oxygen atoms in total. The van der Waals surface area contributed by atoms with Crippen molar-refractivity contribution < 1.29 is 0 Å². The molecule has 4 rings (SSSR count). The number of fused-ring (bicyclic) bond motifs is 2. The van der Waals surface area contributed by atoms with Gasteiger partial charge in [-0.3, -0.25) is 0 Å². The molecule has 1 aliphatic carbocycles. The fourth-order valence-electron chi connectivity index (χ4n) is 3.68. The SMILES string of the molecule is N#Cc1c[nH]c2ncnc(N3CC4CCCC4C3)c12. The molecule has 1 aliphatic heterocycles. The maximum Gasteiger partial charge on any atom is 0.144 e. The molecule has 2 aliphatic rings. The molecule has 2 aromatic heterocycles. The summed E-state index contributed by atoms with van der Waals surface area (Å²) in [6.45, 7) is 2.15. The van der Waals surface area contributed by atoms with Crippen LogP contribution in [0.25, 0.3) is 11.0 Å². The summed E-state index contributed by atoms with van der Waals surface area (Å²) in [6, 6.07) is 2.23. The van der Waals surface area contributed by atoms with Gasteiger partial charge in [-0.2, -0.15) is 5.26 Å². The first-order chi connectivity index (χ1) is 9.36. The van der Waals surface area contributed by atoms with Gasteiger partial charge in [0.2, 0.25) is 0 Å². The van der Waals surface area contributed by atoms with E-state index in [1.54, 1.807) is 12.5 Å². The van der Waals surface area contributed by atoms with Crippen LogP contribution in [0.15, 0.2) is 12.5 Å². The lowest BCUT2D eigenvalue weighted by Gasteiger charge is -2.19. The standard InChI is InChI=1S/C14H15N5/c15-4-11-5-16-13-12(11)14(18-8-17-13)19-6-9-2-1-3-10(9)7-19/h5,8-10H,1-3,6-7H2,(H,16,17,18). The second-order valence-corrected chi connectivity index (χ2v) is 5.59. The van der Waals surface area contributed by atoms with Crippen LogP contribution in [0.5, 0.6) is 0 Å². The molecule has 0 aromatic carbocycles. The van der Waals surface area contributed by atoms with E-state index in [-0.39, 0.29) is 0 Å². The van der Waals surface area contributed by atoms with Gasteiger partial charge in [-0.25, -0.2) is 9.97 Å². The number of nitrogens with zero attached hydrogens (tertiary/aromatic N) is 4. The second-order valence-electron chi connectivity index (χ2n) is 5.59. The number of nitriles is 1. The molecule has 0 radical (unpaired) electrons. The summed E-state index contributed by atoms with van der Waals surface area (Å²) in [6.07, 6.45) is 7.36. The number of aromatic amines is 1. The molecule has 1 saturated carbocycles. The van der Waals surface area contributed by atoms with Gasteiger partial charge in [0, 0.05) is 19.3 Å². The van der Waals surface area contributed by atoms with Gasteiger partial charge in [-0.15, -0.1) is 0 Å². The van der Waals surface area contributed by atoms with E-state index in [1.165, 1.54) is 19.3 Å². The van der Waals surface area contributed by atoms with E-state index >= 15 is 0 Å². The Labute approximate surface area is 111 Å². The fourth-order valence-corrected chi connectivity index (χ4v) is 3.68. The van der Waals surface area contributed by atoms with Crippen molar-refractivity contribution in [3.8, 4) is 6.07 Å². The van der Waals surface area contributed by atoms with Gasteiger partial charge in [0.05, 0.1) is 10.9 Å². The predicted molar refractivity (Wildman–Crippen MR) is 71.6 cm³/mol. The Bertz CT molecular complexity index is 656. The maximum absolute atomic E-state index is 9.21. The molecular formula is C14H15N5. The third-order valence-electron chi connectivity index (χ3n) is 4.60. The van der Waals surface area contributed by atoms with Gasteiger partial charge in [0.15, 0.2) is 0 Å². The molecule has 2 unspecified atom stereocenters. The summed E-state index contributed by atoms with van der Waals surface area (Å²) in [5, 5.41) is 10.1. The Kier molecular flexibility index (Phi) is 2.25. The molecular weight excluding hydrogens is 238 g/mol. The van der Waals surface area contributed by atoms with E-state index in [2.05, 4.69) is 25.9 Å². The molecule has 1 saturated heterocycles. The normalized spacial score (nSPS) is 25.7. The van der Waals surface area contributed by atoms with Crippen molar-refractivity contribution in [2.75, 3.05) is 18.0 Å². The number of hydrogen-bond donors (Lipinski definition) is 1. The van der Waals surface area contributed by atoms with Gasteiger partial charge in [-0.05, 0) is 24.7 Å². The van der Waals surface area contributed by atoms with Crippen LogP contribution in [0, 0.1) is 23.2 Å². The summed E-state index contributed by atoms with van der Waals surface area (Å²) >= 11 is 0. The summed E-state index contributed by atoms with van der Waals surface area (Å²) in [7, 11) is 0. The Morgan fingerprint density at radius 3 is 2.79 bits per heavy atom. The van der Waals surface area contributed by atoms with Gasteiger partial charge in [0.25, 0.3) is 0 Å². The third kappa shape index (κ3) is 1.53. The third-order valence-corrected chi connectivity index (χ3v) is 4.60. The average molecular weight is 253 g/mol. The van der Waals surface area contributed by atoms with Crippen molar-refractivity contribution in [3.63, 3.8) is 0 Å². The maximum atomic E-state index is 9.21. The number of rotatable bonds is 1. The molecule has 3 heterocycles. The zero-order chi connectivity index (χ0) is 12.8. The summed E-state index contributed by atoms with van der Waals surface area (Å²) in [5.41, 5.74) is 1.40. The van der Waals surface area contributed by atoms with Gasteiger partial charge < -0.3 is 9.88 Å². The van der Waals surface area contributed by atoms with Crippen molar-refractivity contribution in [3.05, 3.63) is 18.1 Å². The minimum atomic E-state index is 0.641. The van der Waals surface area contributed by atoms with E-state index < -0.39 is 0 Å². The lowest BCUT2D eigenvalue weighted by atomic mass is 10.0. The first-order valence-corrected chi connectivity index (χ1v) is 6.84. The highest BCUT2D eigenvalue weighted by Gasteiger charge is 2.37. The van der Waals surface area contributed by atoms with E-state index in [9.17, 15) is 5.26 Å². The van der Waals surface area contributed by atoms with E-state index in [0.29, 0.717) is 5.56 Å². The number of nitrogens with one attached hydrogen (secondary N) is 1. The van der Waals surface area contributed by atoms with E-state index in [4.69, 9.17) is 0 Å². The smallest absolute Gasteiger partial charge is 0.144 e. The molecule has 19 heavy (non-hydrogen) atoms. The van der Waals surface area contributed by atoms with Crippen LogP contribution < -0.4 is 4.90 Å². The molecule has 96 valence electrons. The first kappa shape index (κ1) is 10.8. The molecule has 1 N–H and O–H groups in total. The molecule has 2 atom stereocenters. The summed E-state index contributed by atoms with van der Waals surface area (Å²) < 4.78 is 0. The quantitative estimate of drug-likeness (QED) is 0.844. The van der Waals surface area contributed by atoms with Crippen LogP contribution in [0.4, 0.5) is 5.82 Å². The number of hydrogen-bond acceptors (Lipinski definition) is 4. The van der Waals surface area contributed by atoms with Gasteiger partial charge in [0.1, 0.15) is 23.9 Å². The summed E-state index contributed by atoms with van der Waals surface area (Å²) in [4.78, 5) is 14.0. The second kappa shape index (κ2) is 3.95. The molecule has 2 fully saturated rings. The first-order valence-electron chi connectivity index (χ1n) is 6.84. The van der Waals surface area contributed by atoms with Crippen LogP contribution in [0.3, 0.4) is 0 Å². The molecule has 0 amide bonds. The highest BCUT2D eigenvalue weighted by Crippen LogP contribution is 2.40. The highest BCUT2D eigenvalue weighted by atomic mass is 15.2. The average Bonchev–Trinajstić information content (AvgIpc) is 3.11. The van der Waals surface area contributed by atoms with Crippen LogP contribution in [0.1, 0.15) is 24.8 Å². The number of H-pyrrole nitrogens is 1. The molecule has 5 heteroatoms. The highest BCUT2D eigenvalue weighted by molar-refractivity contribution is 5.92. The summed E-state index contributed by atoms with van der Waals surface area (Å²) in [5.74, 6) is 2.56. The van der Waals surface area contributed by atoms with E-state index in [1.807, 2.05) is 0 Å². The zero-order valence-corrected chi connectivity index (χ0v) is 10.6. The fraction of sp³-hybridized carbons (Fsp3) is 0.500. The van der Waals surface area contributed by atoms with Crippen LogP contribution in [0.2, 0.25) is 0 Å². The Morgan fingerprint density at radius 2 is 2.05 bits per heavy atom. The van der Waals surface area contributed by atoms with Crippen LogP contribution >= 0.6 is 0 Å². The van der Waals surface area contributed by atoms with E-state index in [0.717, 1.165) is 41.8 Å². The lowest BCUT2D eigenvalue weighted by Crippen LogP contribution is -2.22. The van der Waals surface area contributed by atoms with Crippen molar-refractivity contribution in [1.29, 1.82) is 5.26 Å². The van der Waals surface area contributed by atoms with Crippen molar-refractivity contribution in [2.24, 2.45) is 11.8 Å². The van der Waals surface area contributed by atoms with Crippen LogP contribution in [-0.2, 0) is 0 Å². The Morgan fingerprint density at radius 1 is 1.26 bits per heavy atom. The zero-order valence-electron chi connectivity index (χ0n) is 10.6. The molecule has 2 aromatic rings.